The number of nitriles is 2. The van der Waals surface area contributed by atoms with Crippen LogP contribution in [-0.2, 0) is 64.6 Å². The number of hydrogen-bond donors (Lipinski definition) is 4. The van der Waals surface area contributed by atoms with Gasteiger partial charge in [-0.15, -0.1) is 32.0 Å². The van der Waals surface area contributed by atoms with E-state index in [-0.39, 0.29) is 66.0 Å². The number of carbonyl (C=O) groups excluding carboxylic acids is 3. The topological polar surface area (TPSA) is 274 Å². The number of esters is 2. The number of carboxylic acids is 1. The van der Waals surface area contributed by atoms with E-state index in [1.807, 2.05) is 110 Å². The molecule has 104 heavy (non-hydrogen) atoms. The lowest BCUT2D eigenvalue weighted by molar-refractivity contribution is -0.689. The summed E-state index contributed by atoms with van der Waals surface area (Å²) in [6, 6.07) is 32.6. The van der Waals surface area contributed by atoms with E-state index in [2.05, 4.69) is 33.0 Å². The van der Waals surface area contributed by atoms with Crippen molar-refractivity contribution in [1.82, 2.24) is 40.2 Å². The van der Waals surface area contributed by atoms with E-state index in [1.165, 1.54) is 34.8 Å². The van der Waals surface area contributed by atoms with Gasteiger partial charge in [-0.05, 0) is 148 Å². The molecule has 546 valence electrons. The number of aromatic nitrogens is 8. The highest BCUT2D eigenvalue weighted by atomic mass is 79.9. The fourth-order valence-corrected chi connectivity index (χ4v) is 13.3. The van der Waals surface area contributed by atoms with Crippen molar-refractivity contribution in [2.75, 3.05) is 27.2 Å². The van der Waals surface area contributed by atoms with Crippen LogP contribution >= 0.6 is 22.7 Å². The molecule has 0 aliphatic rings. The van der Waals surface area contributed by atoms with Crippen LogP contribution in [0.2, 0.25) is 0 Å². The average molecular weight is 1540 g/mol. The Kier molecular flexibility index (Phi) is 28.5. The third-order valence-electron chi connectivity index (χ3n) is 16.8. The van der Waals surface area contributed by atoms with Gasteiger partial charge in [-0.3, -0.25) is 9.59 Å². The summed E-state index contributed by atoms with van der Waals surface area (Å²) in [5, 5.41) is 71.5. The molecule has 0 saturated carbocycles. The summed E-state index contributed by atoms with van der Waals surface area (Å²) in [5.74, 6) is -6.80. The maximum Gasteiger partial charge on any atom is 0.430 e. The summed E-state index contributed by atoms with van der Waals surface area (Å²) in [7, 11) is 3.55. The molecule has 0 aliphatic heterocycles. The van der Waals surface area contributed by atoms with Crippen molar-refractivity contribution in [1.29, 1.82) is 10.5 Å². The van der Waals surface area contributed by atoms with Crippen LogP contribution < -0.4 is 51.3 Å². The van der Waals surface area contributed by atoms with Crippen LogP contribution in [0.1, 0.15) is 92.3 Å². The number of aryl methyl sites for hydroxylation is 4. The second-order valence-corrected chi connectivity index (χ2v) is 26.6. The Morgan fingerprint density at radius 2 is 0.942 bits per heavy atom. The number of nitrogens with one attached hydrogen (secondary N) is 2. The molecule has 6 aromatic carbocycles. The summed E-state index contributed by atoms with van der Waals surface area (Å²) in [4.78, 5) is 42.6. The number of aliphatic hydroxyl groups is 2. The van der Waals surface area contributed by atoms with E-state index in [4.69, 9.17) is 39.9 Å². The molecule has 4 N–H and O–H groups in total. The fourth-order valence-electron chi connectivity index (χ4n) is 11.4. The molecule has 4 heterocycles. The van der Waals surface area contributed by atoms with Crippen molar-refractivity contribution < 1.29 is 96.0 Å². The minimum absolute atomic E-state index is 0. The predicted octanol–water partition coefficient (Wildman–Crippen LogP) is 7.08. The highest BCUT2D eigenvalue weighted by Gasteiger charge is 2.43. The molecular weight excluding hydrogens is 1460 g/mol. The molecule has 0 aliphatic carbocycles. The summed E-state index contributed by atoms with van der Waals surface area (Å²) in [6.45, 7) is 12.9. The smallest absolute Gasteiger partial charge is 0.430 e. The van der Waals surface area contributed by atoms with Crippen molar-refractivity contribution >= 4 is 40.6 Å². The molecule has 10 rings (SSSR count). The molecule has 4 atom stereocenters. The summed E-state index contributed by atoms with van der Waals surface area (Å²) in [5.41, 5.74) is 5.92. The fraction of sp³-hybridized carbons (Fsp3) is 0.311. The Morgan fingerprint density at radius 3 is 1.25 bits per heavy atom. The van der Waals surface area contributed by atoms with E-state index < -0.39 is 58.5 Å². The van der Waals surface area contributed by atoms with Gasteiger partial charge in [0.25, 0.3) is 12.7 Å². The van der Waals surface area contributed by atoms with Gasteiger partial charge in [0.1, 0.15) is 65.0 Å². The van der Waals surface area contributed by atoms with E-state index in [9.17, 15) is 41.8 Å². The molecule has 10 aromatic rings. The number of alkyl halides is 3. The maximum atomic E-state index is 15.3. The minimum atomic E-state index is -5.19. The number of halogens is 8. The Bertz CT molecular complexity index is 4380. The third-order valence-corrected chi connectivity index (χ3v) is 18.5. The third kappa shape index (κ3) is 21.6. The molecular formula is C74H74BrF7N12O8S2. The van der Waals surface area contributed by atoms with Gasteiger partial charge in [0.2, 0.25) is 12.7 Å². The van der Waals surface area contributed by atoms with Gasteiger partial charge < -0.3 is 57.2 Å². The number of benzene rings is 6. The van der Waals surface area contributed by atoms with Gasteiger partial charge in [-0.2, -0.15) is 23.7 Å². The number of nitrogens with zero attached hydrogens (tertiary/aromatic N) is 10. The van der Waals surface area contributed by atoms with E-state index in [0.29, 0.717) is 61.6 Å². The Hall–Kier alpha value is -9.92. The zero-order valence-electron chi connectivity index (χ0n) is 57.7. The van der Waals surface area contributed by atoms with E-state index >= 15 is 8.78 Å². The summed E-state index contributed by atoms with van der Waals surface area (Å²) in [6.07, 6.45) is 2.66. The lowest BCUT2D eigenvalue weighted by Gasteiger charge is -2.32. The first-order valence-corrected chi connectivity index (χ1v) is 34.0. The molecule has 0 saturated heterocycles. The van der Waals surface area contributed by atoms with Crippen LogP contribution in [0.4, 0.5) is 30.7 Å². The van der Waals surface area contributed by atoms with Crippen molar-refractivity contribution in [2.45, 2.75) is 111 Å². The van der Waals surface area contributed by atoms with Crippen LogP contribution in [0, 0.1) is 85.5 Å². The molecule has 4 unspecified atom stereocenters. The number of ether oxygens (including phenoxy) is 2. The second-order valence-electron chi connectivity index (χ2n) is 24.7. The number of rotatable bonds is 26. The largest absolute Gasteiger partial charge is 1.00 e. The zero-order chi connectivity index (χ0) is 74.9. The highest BCUT2D eigenvalue weighted by Crippen LogP contribution is 2.39. The number of thiazole rings is 2. The zero-order valence-corrected chi connectivity index (χ0v) is 61.0. The van der Waals surface area contributed by atoms with Gasteiger partial charge in [0.05, 0.1) is 70.6 Å². The number of carboxylic acid groups (broad SMARTS) is 1. The maximum absolute atomic E-state index is 15.3. The molecule has 4 aromatic heterocycles. The number of hydrogen-bond acceptors (Lipinski definition) is 18. The molecule has 0 fully saturated rings. The molecule has 0 radical (unpaired) electrons. The molecule has 0 spiro atoms. The standard InChI is InChI=1S/2C36H37F2N6O3S.C2HF3O2.BrH/c2*1-23-13-27(14-24(2)35(23)47-34(45)11-12-40-4)18-43-21-41-44(22-43)20-36(46,30-10-9-29(37)16-31(30)38)25(3)15-33-42-32(19-48-33)28-7-5-26(17-39)6-8-28;3-2(4,5)1(6)7;/h2*5-10,13-14,16,19,21-22,25,40,46H,11-12,15,18,20H2,1-4H3;(H,6,7);1H/q2*+1;;/p-2. The Morgan fingerprint density at radius 1 is 0.596 bits per heavy atom. The van der Waals surface area contributed by atoms with Crippen LogP contribution in [0.15, 0.2) is 145 Å². The number of aliphatic carboxylic acids is 1. The Labute approximate surface area is 614 Å². The van der Waals surface area contributed by atoms with Crippen molar-refractivity contribution in [3.05, 3.63) is 234 Å². The SMILES string of the molecule is CNCCC(=O)Oc1c(C)cc(C[n+]2cnn(CC(O)(c3ccc(F)cc3F)C(C)Cc3nc(-c4ccc(C#N)cc4)cs3)c2)cc1C.CNCCC(=O)Oc1c(C)cc(C[n+]2cnn(CC(O)(c3ccc(F)cc3F)C(C)Cc3nc(-c4ccc(C#N)cc4)cs3)c2)cc1C.O=C([O-])C(F)(F)F.[Br-]. The van der Waals surface area contributed by atoms with Gasteiger partial charge in [0, 0.05) is 81.3 Å². The van der Waals surface area contributed by atoms with Crippen LogP contribution in [0.5, 0.6) is 11.5 Å². The van der Waals surface area contributed by atoms with Crippen molar-refractivity contribution in [2.24, 2.45) is 11.8 Å². The number of carbonyl (C=O) groups is 3. The molecule has 0 bridgehead atoms. The molecule has 20 nitrogen and oxygen atoms in total. The van der Waals surface area contributed by atoms with E-state index in [0.717, 1.165) is 90.2 Å². The normalized spacial score (nSPS) is 12.9. The first-order valence-electron chi connectivity index (χ1n) is 32.2. The monoisotopic (exact) mass is 1530 g/mol. The van der Waals surface area contributed by atoms with Crippen LogP contribution in [0.25, 0.3) is 22.5 Å². The summed E-state index contributed by atoms with van der Waals surface area (Å²) < 4.78 is 108. The minimum Gasteiger partial charge on any atom is -1.00 e. The quantitative estimate of drug-likeness (QED) is 0.0182. The lowest BCUT2D eigenvalue weighted by Crippen LogP contribution is -3.00. The van der Waals surface area contributed by atoms with Crippen molar-refractivity contribution in [3.8, 4) is 46.2 Å². The first-order chi connectivity index (χ1) is 48.9. The second kappa shape index (κ2) is 36.5. The van der Waals surface area contributed by atoms with Gasteiger partial charge in [0.15, 0.2) is 0 Å². The van der Waals surface area contributed by atoms with Crippen LogP contribution in [0.3, 0.4) is 0 Å². The average Bonchev–Trinajstić information content (AvgIpc) is 1.03. The van der Waals surface area contributed by atoms with Gasteiger partial charge in [-0.25, -0.2) is 36.7 Å². The molecule has 30 heteroatoms. The lowest BCUT2D eigenvalue weighted by atomic mass is 9.80. The summed E-state index contributed by atoms with van der Waals surface area (Å²) >= 11 is 2.85. The predicted molar refractivity (Wildman–Crippen MR) is 365 cm³/mol. The van der Waals surface area contributed by atoms with Crippen LogP contribution in [-0.4, -0.2) is 91.0 Å². The van der Waals surface area contributed by atoms with Gasteiger partial charge in [-0.1, -0.05) is 50.2 Å². The van der Waals surface area contributed by atoms with Crippen molar-refractivity contribution in [3.63, 3.8) is 0 Å². The Balaban J connectivity index is 0.000000264. The first kappa shape index (κ1) is 81.4. The highest BCUT2D eigenvalue weighted by molar-refractivity contribution is 7.10. The molecule has 0 amide bonds. The van der Waals surface area contributed by atoms with Gasteiger partial charge >= 0.3 is 18.1 Å². The van der Waals surface area contributed by atoms with E-state index in [1.54, 1.807) is 73.0 Å².